The van der Waals surface area contributed by atoms with Crippen LogP contribution >= 0.6 is 0 Å². The molecule has 0 spiro atoms. The number of rotatable bonds is 3. The van der Waals surface area contributed by atoms with Crippen molar-refractivity contribution in [2.75, 3.05) is 6.61 Å². The minimum absolute atomic E-state index is 0.215. The zero-order valence-electron chi connectivity index (χ0n) is 10.9. The monoisotopic (exact) mass is 250 g/mol. The average Bonchev–Trinajstić information content (AvgIpc) is 2.71. The van der Waals surface area contributed by atoms with Crippen LogP contribution in [0.1, 0.15) is 31.1 Å². The fraction of sp³-hybridized carbons (Fsp3) is 0.500. The van der Waals surface area contributed by atoms with E-state index in [1.807, 2.05) is 26.8 Å². The van der Waals surface area contributed by atoms with Crippen LogP contribution in [0, 0.1) is 0 Å². The minimum Gasteiger partial charge on any atom is -0.456 e. The molecular formula is C14H18O4. The molecule has 1 aliphatic rings. The summed E-state index contributed by atoms with van der Waals surface area (Å²) in [7, 11) is 0. The Bertz CT molecular complexity index is 413. The number of ether oxygens (including phenoxy) is 3. The molecule has 0 amide bonds. The summed E-state index contributed by atoms with van der Waals surface area (Å²) in [6.07, 6.45) is -0.549. The molecule has 0 aliphatic carbocycles. The quantitative estimate of drug-likeness (QED) is 0.773. The molecule has 0 unspecified atom stereocenters. The summed E-state index contributed by atoms with van der Waals surface area (Å²) in [6, 6.07) is 8.92. The molecular weight excluding hydrogens is 232 g/mol. The van der Waals surface area contributed by atoms with Gasteiger partial charge in [0.2, 0.25) is 0 Å². The molecule has 2 atom stereocenters. The SMILES string of the molecule is C[C@H](OC(=O)c1ccccc1)[C@@H]1COC(C)(C)O1. The van der Waals surface area contributed by atoms with Gasteiger partial charge in [0.25, 0.3) is 0 Å². The fourth-order valence-corrected chi connectivity index (χ4v) is 1.83. The third-order valence-corrected chi connectivity index (χ3v) is 2.86. The summed E-state index contributed by atoms with van der Waals surface area (Å²) in [4.78, 5) is 11.9. The standard InChI is InChI=1S/C14H18O4/c1-10(12-9-16-14(2,3)18-12)17-13(15)11-7-5-4-6-8-11/h4-8,10,12H,9H2,1-3H3/t10-,12-/m0/s1. The maximum atomic E-state index is 11.9. The van der Waals surface area contributed by atoms with Crippen molar-refractivity contribution < 1.29 is 19.0 Å². The topological polar surface area (TPSA) is 44.8 Å². The summed E-state index contributed by atoms with van der Waals surface area (Å²) < 4.78 is 16.5. The van der Waals surface area contributed by atoms with Crippen molar-refractivity contribution in [1.29, 1.82) is 0 Å². The van der Waals surface area contributed by atoms with Crippen LogP contribution in [0.2, 0.25) is 0 Å². The first-order valence-electron chi connectivity index (χ1n) is 6.06. The van der Waals surface area contributed by atoms with Gasteiger partial charge in [-0.2, -0.15) is 0 Å². The largest absolute Gasteiger partial charge is 0.456 e. The van der Waals surface area contributed by atoms with Crippen molar-refractivity contribution in [3.8, 4) is 0 Å². The van der Waals surface area contributed by atoms with Gasteiger partial charge in [-0.25, -0.2) is 4.79 Å². The Morgan fingerprint density at radius 2 is 2.06 bits per heavy atom. The maximum Gasteiger partial charge on any atom is 0.338 e. The zero-order valence-corrected chi connectivity index (χ0v) is 10.9. The second-order valence-corrected chi connectivity index (χ2v) is 4.84. The summed E-state index contributed by atoms with van der Waals surface area (Å²) in [5, 5.41) is 0. The van der Waals surface area contributed by atoms with E-state index in [0.29, 0.717) is 12.2 Å². The van der Waals surface area contributed by atoms with Crippen molar-refractivity contribution in [2.24, 2.45) is 0 Å². The molecule has 1 fully saturated rings. The van der Waals surface area contributed by atoms with E-state index in [4.69, 9.17) is 14.2 Å². The Labute approximate surface area is 107 Å². The highest BCUT2D eigenvalue weighted by atomic mass is 16.7. The molecule has 18 heavy (non-hydrogen) atoms. The van der Waals surface area contributed by atoms with Crippen LogP contribution in [0.3, 0.4) is 0 Å². The molecule has 0 saturated carbocycles. The molecule has 0 radical (unpaired) electrons. The highest BCUT2D eigenvalue weighted by Gasteiger charge is 2.37. The molecule has 0 aromatic heterocycles. The van der Waals surface area contributed by atoms with E-state index in [2.05, 4.69) is 0 Å². The lowest BCUT2D eigenvalue weighted by atomic mass is 10.2. The lowest BCUT2D eigenvalue weighted by molar-refractivity contribution is -0.150. The zero-order chi connectivity index (χ0) is 13.2. The molecule has 1 aliphatic heterocycles. The van der Waals surface area contributed by atoms with Crippen molar-refractivity contribution >= 4 is 5.97 Å². The number of esters is 1. The van der Waals surface area contributed by atoms with Gasteiger partial charge < -0.3 is 14.2 Å². The summed E-state index contributed by atoms with van der Waals surface area (Å²) in [5.41, 5.74) is 0.544. The van der Waals surface area contributed by atoms with E-state index < -0.39 is 5.79 Å². The first kappa shape index (κ1) is 13.1. The first-order chi connectivity index (χ1) is 8.48. The van der Waals surface area contributed by atoms with Crippen molar-refractivity contribution in [3.63, 3.8) is 0 Å². The molecule has 98 valence electrons. The molecule has 4 heteroatoms. The third kappa shape index (κ3) is 3.09. The number of benzene rings is 1. The van der Waals surface area contributed by atoms with E-state index in [1.54, 1.807) is 24.3 Å². The Morgan fingerprint density at radius 3 is 2.61 bits per heavy atom. The van der Waals surface area contributed by atoms with E-state index in [-0.39, 0.29) is 18.2 Å². The van der Waals surface area contributed by atoms with E-state index in [1.165, 1.54) is 0 Å². The van der Waals surface area contributed by atoms with Gasteiger partial charge >= 0.3 is 5.97 Å². The highest BCUT2D eigenvalue weighted by Crippen LogP contribution is 2.25. The molecule has 2 rings (SSSR count). The normalized spacial score (nSPS) is 23.6. The van der Waals surface area contributed by atoms with Gasteiger partial charge in [0.15, 0.2) is 5.79 Å². The van der Waals surface area contributed by atoms with Crippen LogP contribution in [0.5, 0.6) is 0 Å². The predicted molar refractivity (Wildman–Crippen MR) is 66.2 cm³/mol. The summed E-state index contributed by atoms with van der Waals surface area (Å²) in [6.45, 7) is 5.95. The molecule has 1 aromatic carbocycles. The second-order valence-electron chi connectivity index (χ2n) is 4.84. The van der Waals surface area contributed by atoms with Crippen molar-refractivity contribution in [3.05, 3.63) is 35.9 Å². The predicted octanol–water partition coefficient (Wildman–Crippen LogP) is 2.38. The highest BCUT2D eigenvalue weighted by molar-refractivity contribution is 5.89. The number of carbonyl (C=O) groups is 1. The van der Waals surface area contributed by atoms with Gasteiger partial charge in [-0.05, 0) is 32.9 Å². The fourth-order valence-electron chi connectivity index (χ4n) is 1.83. The van der Waals surface area contributed by atoms with Gasteiger partial charge in [-0.1, -0.05) is 18.2 Å². The number of carbonyl (C=O) groups excluding carboxylic acids is 1. The maximum absolute atomic E-state index is 11.9. The van der Waals surface area contributed by atoms with Gasteiger partial charge in [0.1, 0.15) is 12.2 Å². The molecule has 1 heterocycles. The van der Waals surface area contributed by atoms with Gasteiger partial charge in [-0.15, -0.1) is 0 Å². The Hall–Kier alpha value is -1.39. The number of hydrogen-bond acceptors (Lipinski definition) is 4. The Balaban J connectivity index is 1.92. The van der Waals surface area contributed by atoms with Crippen molar-refractivity contribution in [2.45, 2.75) is 38.8 Å². The van der Waals surface area contributed by atoms with Crippen LogP contribution < -0.4 is 0 Å². The average molecular weight is 250 g/mol. The Morgan fingerprint density at radius 1 is 1.39 bits per heavy atom. The number of hydrogen-bond donors (Lipinski definition) is 0. The molecule has 1 aromatic rings. The van der Waals surface area contributed by atoms with E-state index in [9.17, 15) is 4.79 Å². The van der Waals surface area contributed by atoms with Crippen molar-refractivity contribution in [1.82, 2.24) is 0 Å². The summed E-state index contributed by atoms with van der Waals surface area (Å²) in [5.74, 6) is -0.936. The Kier molecular flexibility index (Phi) is 3.68. The third-order valence-electron chi connectivity index (χ3n) is 2.86. The minimum atomic E-state index is -0.599. The molecule has 0 bridgehead atoms. The lowest BCUT2D eigenvalue weighted by Crippen LogP contribution is -2.32. The van der Waals surface area contributed by atoms with Crippen LogP contribution in [-0.4, -0.2) is 30.6 Å². The van der Waals surface area contributed by atoms with Gasteiger partial charge in [0, 0.05) is 0 Å². The van der Waals surface area contributed by atoms with Crippen LogP contribution in [-0.2, 0) is 14.2 Å². The second kappa shape index (κ2) is 5.08. The van der Waals surface area contributed by atoms with Gasteiger partial charge in [-0.3, -0.25) is 0 Å². The summed E-state index contributed by atoms with van der Waals surface area (Å²) >= 11 is 0. The first-order valence-corrected chi connectivity index (χ1v) is 6.06. The van der Waals surface area contributed by atoms with Crippen LogP contribution in [0.4, 0.5) is 0 Å². The molecule has 4 nitrogen and oxygen atoms in total. The van der Waals surface area contributed by atoms with Gasteiger partial charge in [0.05, 0.1) is 12.2 Å². The lowest BCUT2D eigenvalue weighted by Gasteiger charge is -2.21. The van der Waals surface area contributed by atoms with E-state index >= 15 is 0 Å². The van der Waals surface area contributed by atoms with Crippen LogP contribution in [0.15, 0.2) is 30.3 Å². The molecule has 0 N–H and O–H groups in total. The smallest absolute Gasteiger partial charge is 0.338 e. The van der Waals surface area contributed by atoms with E-state index in [0.717, 1.165) is 0 Å². The van der Waals surface area contributed by atoms with Crippen LogP contribution in [0.25, 0.3) is 0 Å². The molecule has 1 saturated heterocycles.